The van der Waals surface area contributed by atoms with Crippen molar-refractivity contribution in [3.05, 3.63) is 87.6 Å². The van der Waals surface area contributed by atoms with E-state index >= 15 is 0 Å². The van der Waals surface area contributed by atoms with E-state index < -0.39 is 4.92 Å². The number of nitrogens with zero attached hydrogens (tertiary/aromatic N) is 6. The molecule has 11 nitrogen and oxygen atoms in total. The lowest BCUT2D eigenvalue weighted by Gasteiger charge is -2.40. The van der Waals surface area contributed by atoms with Crippen LogP contribution >= 0.6 is 15.9 Å². The summed E-state index contributed by atoms with van der Waals surface area (Å²) in [5.41, 5.74) is 2.86. The highest BCUT2D eigenvalue weighted by molar-refractivity contribution is 9.10. The Morgan fingerprint density at radius 3 is 2.68 bits per heavy atom. The summed E-state index contributed by atoms with van der Waals surface area (Å²) in [4.78, 5) is 36.7. The molecule has 0 aliphatic carbocycles. The van der Waals surface area contributed by atoms with Crippen LogP contribution in [-0.4, -0.2) is 54.5 Å². The summed E-state index contributed by atoms with van der Waals surface area (Å²) < 4.78 is 3.33. The highest BCUT2D eigenvalue weighted by Gasteiger charge is 2.34. The molecule has 1 amide bonds. The van der Waals surface area contributed by atoms with E-state index in [1.165, 1.54) is 12.7 Å². The molecule has 0 radical (unpaired) electrons. The minimum absolute atomic E-state index is 0. The average molecular weight is 686 g/mol. The zero-order valence-electron chi connectivity index (χ0n) is 22.5. The van der Waals surface area contributed by atoms with Crippen molar-refractivity contribution in [3.63, 3.8) is 0 Å². The highest BCUT2D eigenvalue weighted by Crippen LogP contribution is 2.28. The number of nitro groups is 1. The first-order valence-corrected chi connectivity index (χ1v) is 13.9. The maximum Gasteiger partial charge on any atom is 0.390 e. The molecular formula is C28H30Br2N8O3. The quantitative estimate of drug-likeness (QED) is 0.120. The molecule has 1 fully saturated rings. The Bertz CT molecular complexity index is 1580. The highest BCUT2D eigenvalue weighted by atomic mass is 79.9. The number of anilines is 3. The molecular weight excluding hydrogens is 656 g/mol. The zero-order chi connectivity index (χ0) is 28.1. The normalized spacial score (nSPS) is 14.5. The van der Waals surface area contributed by atoms with Crippen molar-refractivity contribution in [1.82, 2.24) is 19.5 Å². The van der Waals surface area contributed by atoms with E-state index in [0.717, 1.165) is 53.4 Å². The van der Waals surface area contributed by atoms with Crippen molar-refractivity contribution in [3.8, 4) is 0 Å². The second-order valence-corrected chi connectivity index (χ2v) is 11.0. The van der Waals surface area contributed by atoms with Crippen molar-refractivity contribution < 1.29 is 31.2 Å². The predicted octanol–water partition coefficient (Wildman–Crippen LogP) is 2.48. The first-order valence-electron chi connectivity index (χ1n) is 13.1. The van der Waals surface area contributed by atoms with E-state index in [0.29, 0.717) is 34.8 Å². The number of halogens is 2. The van der Waals surface area contributed by atoms with Gasteiger partial charge in [-0.1, -0.05) is 22.0 Å². The topological polar surface area (TPSA) is 128 Å². The fraction of sp³-hybridized carbons (Fsp3) is 0.286. The van der Waals surface area contributed by atoms with Gasteiger partial charge in [-0.2, -0.15) is 0 Å². The van der Waals surface area contributed by atoms with Gasteiger partial charge in [0.25, 0.3) is 0 Å². The number of imidazole rings is 1. The van der Waals surface area contributed by atoms with Gasteiger partial charge in [0.05, 0.1) is 25.2 Å². The molecule has 1 aliphatic heterocycles. The Labute approximate surface area is 256 Å². The van der Waals surface area contributed by atoms with Gasteiger partial charge in [0.1, 0.15) is 18.7 Å². The molecule has 13 heteroatoms. The van der Waals surface area contributed by atoms with Crippen molar-refractivity contribution >= 4 is 55.8 Å². The number of fused-ring (bicyclic) bond motifs is 1. The second kappa shape index (κ2) is 13.3. The lowest BCUT2D eigenvalue weighted by molar-refractivity contribution is -0.940. The summed E-state index contributed by atoms with van der Waals surface area (Å²) in [5, 5.41) is 18.5. The number of likely N-dealkylation sites (tertiary alicyclic amines) is 1. The maximum atomic E-state index is 12.9. The minimum atomic E-state index is -0.423. The number of nitrogens with one attached hydrogen (secondary N) is 2. The monoisotopic (exact) mass is 684 g/mol. The van der Waals surface area contributed by atoms with Crippen molar-refractivity contribution in [2.45, 2.75) is 25.8 Å². The molecule has 1 aliphatic rings. The molecule has 214 valence electrons. The summed E-state index contributed by atoms with van der Waals surface area (Å²) in [5.74, 6) is 0.288. The van der Waals surface area contributed by atoms with E-state index in [1.54, 1.807) is 17.7 Å². The number of amides is 1. The third-order valence-electron chi connectivity index (χ3n) is 7.21. The number of carbonyl (C=O) groups is 1. The van der Waals surface area contributed by atoms with Crippen LogP contribution in [0.2, 0.25) is 0 Å². The number of rotatable bonds is 9. The Balaban J connectivity index is 0.00000387. The van der Waals surface area contributed by atoms with Gasteiger partial charge in [-0.3, -0.25) is 4.79 Å². The van der Waals surface area contributed by atoms with Gasteiger partial charge in [-0.05, 0) is 71.6 Å². The van der Waals surface area contributed by atoms with Crippen LogP contribution in [0.3, 0.4) is 0 Å². The third kappa shape index (κ3) is 7.34. The van der Waals surface area contributed by atoms with Crippen LogP contribution < -0.4 is 27.6 Å². The van der Waals surface area contributed by atoms with E-state index in [4.69, 9.17) is 0 Å². The van der Waals surface area contributed by atoms with Gasteiger partial charge >= 0.3 is 5.82 Å². The molecule has 2 aromatic carbocycles. The molecule has 1 saturated heterocycles. The van der Waals surface area contributed by atoms with Gasteiger partial charge in [-0.15, -0.1) is 0 Å². The Hall–Kier alpha value is -3.68. The fourth-order valence-electron chi connectivity index (χ4n) is 5.19. The Morgan fingerprint density at radius 2 is 1.93 bits per heavy atom. The first-order chi connectivity index (χ1) is 19.3. The lowest BCUT2D eigenvalue weighted by atomic mass is 10.1. The summed E-state index contributed by atoms with van der Waals surface area (Å²) in [6.07, 6.45) is 9.63. The minimum Gasteiger partial charge on any atom is -1.00 e. The van der Waals surface area contributed by atoms with Crippen molar-refractivity contribution in [2.24, 2.45) is 7.05 Å². The third-order valence-corrected chi connectivity index (χ3v) is 7.71. The number of aromatic nitrogens is 4. The number of hydrogen-bond acceptors (Lipinski definition) is 7. The maximum absolute atomic E-state index is 12.9. The van der Waals surface area contributed by atoms with Gasteiger partial charge < -0.3 is 46.8 Å². The lowest BCUT2D eigenvalue weighted by Crippen LogP contribution is -3.00. The van der Waals surface area contributed by atoms with Crippen LogP contribution in [0.25, 0.3) is 10.9 Å². The smallest absolute Gasteiger partial charge is 0.390 e. The van der Waals surface area contributed by atoms with Gasteiger partial charge in [0, 0.05) is 34.4 Å². The Morgan fingerprint density at radius 1 is 1.12 bits per heavy atom. The molecule has 0 atom stereocenters. The van der Waals surface area contributed by atoms with E-state index in [9.17, 15) is 14.9 Å². The number of quaternary nitrogens is 1. The average Bonchev–Trinajstić information content (AvgIpc) is 3.29. The van der Waals surface area contributed by atoms with Crippen LogP contribution in [0, 0.1) is 10.1 Å². The molecule has 5 rings (SSSR count). The Kier molecular flexibility index (Phi) is 9.84. The standard InChI is InChI=1S/C28H29BrN8O3.BrH/c1-35-19-32-28(36(39)40)25(35)17-37(12-3-2-4-13-37)14-6-9-26(38)33-22-10-11-24-23(16-22)27(31-18-30-24)34-21-8-5-7-20(29)15-21;/h5-11,15-16,18-19H,2-4,12-14,17H2,1H3,(H-,30,31,33,34,38);1H. The van der Waals surface area contributed by atoms with Crippen LogP contribution in [0.15, 0.2) is 71.7 Å². The molecule has 2 N–H and O–H groups in total. The number of benzene rings is 2. The molecule has 0 unspecified atom stereocenters. The summed E-state index contributed by atoms with van der Waals surface area (Å²) in [7, 11) is 1.79. The van der Waals surface area contributed by atoms with Crippen LogP contribution in [0.5, 0.6) is 0 Å². The summed E-state index contributed by atoms with van der Waals surface area (Å²) in [6.45, 7) is 2.89. The first kappa shape index (κ1) is 30.3. The summed E-state index contributed by atoms with van der Waals surface area (Å²) in [6, 6.07) is 13.3. The SMILES string of the molecule is Cn1cnc([N+](=O)[O-])c1C[N+]1(CC=CC(=O)Nc2ccc3ncnc(Nc4cccc(Br)c4)c3c2)CCCCC1.[Br-]. The fourth-order valence-corrected chi connectivity index (χ4v) is 5.59. The molecule has 2 aromatic heterocycles. The second-order valence-electron chi connectivity index (χ2n) is 10.1. The molecule has 3 heterocycles. The van der Waals surface area contributed by atoms with Gasteiger partial charge in [0.2, 0.25) is 12.2 Å². The summed E-state index contributed by atoms with van der Waals surface area (Å²) >= 11 is 3.48. The molecule has 0 spiro atoms. The zero-order valence-corrected chi connectivity index (χ0v) is 25.6. The molecule has 4 aromatic rings. The van der Waals surface area contributed by atoms with E-state index in [2.05, 4.69) is 41.5 Å². The number of piperidine rings is 1. The number of hydrogen-bond donors (Lipinski definition) is 2. The largest absolute Gasteiger partial charge is 1.00 e. The molecule has 0 saturated carbocycles. The van der Waals surface area contributed by atoms with Gasteiger partial charge in [0.15, 0.2) is 5.69 Å². The van der Waals surface area contributed by atoms with Crippen molar-refractivity contribution in [2.75, 3.05) is 30.3 Å². The predicted molar refractivity (Wildman–Crippen MR) is 157 cm³/mol. The molecule has 41 heavy (non-hydrogen) atoms. The number of carbonyl (C=O) groups excluding carboxylic acids is 1. The van der Waals surface area contributed by atoms with Crippen LogP contribution in [0.4, 0.5) is 23.0 Å². The van der Waals surface area contributed by atoms with E-state index in [1.807, 2.05) is 48.5 Å². The van der Waals surface area contributed by atoms with Crippen molar-refractivity contribution in [1.29, 1.82) is 0 Å². The van der Waals surface area contributed by atoms with Crippen LogP contribution in [0.1, 0.15) is 25.0 Å². The molecule has 0 bridgehead atoms. The van der Waals surface area contributed by atoms with Gasteiger partial charge in [-0.25, -0.2) is 9.97 Å². The van der Waals surface area contributed by atoms with Crippen LogP contribution in [-0.2, 0) is 18.4 Å². The van der Waals surface area contributed by atoms with E-state index in [-0.39, 0.29) is 28.7 Å². The number of aryl methyl sites for hydroxylation is 1.